The van der Waals surface area contributed by atoms with Crippen LogP contribution in [-0.2, 0) is 16.0 Å². The minimum absolute atomic E-state index is 0.0184. The fraction of sp³-hybridized carbons (Fsp3) is 0.208. The van der Waals surface area contributed by atoms with Gasteiger partial charge in [0.15, 0.2) is 0 Å². The van der Waals surface area contributed by atoms with Gasteiger partial charge in [-0.2, -0.15) is 0 Å². The Hall–Kier alpha value is -3.79. The number of thioether (sulfide) groups is 1. The number of aromatic amines is 1. The minimum atomic E-state index is -0.515. The first kappa shape index (κ1) is 23.4. The highest BCUT2D eigenvalue weighted by Crippen LogP contribution is 2.32. The summed E-state index contributed by atoms with van der Waals surface area (Å²) in [5.74, 6) is -0.726. The monoisotopic (exact) mass is 480 g/mol. The SMILES string of the molecule is O=C(CCCc1nc2ccccc2c(=O)[nH]1)NCCN1C(=O)S/C(=C\c2ccccc2F)C1=O. The molecule has 3 aromatic rings. The third-order valence-electron chi connectivity index (χ3n) is 5.20. The molecular formula is C24H21FN4O4S. The van der Waals surface area contributed by atoms with E-state index < -0.39 is 17.0 Å². The maximum atomic E-state index is 13.8. The first-order chi connectivity index (χ1) is 16.4. The number of aromatic nitrogens is 2. The zero-order chi connectivity index (χ0) is 24.1. The van der Waals surface area contributed by atoms with Crippen molar-refractivity contribution in [2.75, 3.05) is 13.1 Å². The van der Waals surface area contributed by atoms with Gasteiger partial charge in [0.05, 0.1) is 15.8 Å². The highest BCUT2D eigenvalue weighted by molar-refractivity contribution is 8.18. The maximum absolute atomic E-state index is 13.8. The van der Waals surface area contributed by atoms with Crippen LogP contribution in [0.3, 0.4) is 0 Å². The van der Waals surface area contributed by atoms with Crippen LogP contribution in [0.5, 0.6) is 0 Å². The van der Waals surface area contributed by atoms with Crippen LogP contribution in [-0.4, -0.2) is 45.0 Å². The fourth-order valence-corrected chi connectivity index (χ4v) is 4.35. The molecule has 4 rings (SSSR count). The molecule has 174 valence electrons. The van der Waals surface area contributed by atoms with Crippen LogP contribution in [0, 0.1) is 5.82 Å². The van der Waals surface area contributed by atoms with Crippen molar-refractivity contribution in [1.82, 2.24) is 20.2 Å². The van der Waals surface area contributed by atoms with Gasteiger partial charge in [-0.25, -0.2) is 9.37 Å². The molecule has 0 bridgehead atoms. The molecule has 2 heterocycles. The molecular weight excluding hydrogens is 459 g/mol. The van der Waals surface area contributed by atoms with Gasteiger partial charge >= 0.3 is 0 Å². The highest BCUT2D eigenvalue weighted by Gasteiger charge is 2.34. The summed E-state index contributed by atoms with van der Waals surface area (Å²) in [5, 5.41) is 2.73. The van der Waals surface area contributed by atoms with Crippen molar-refractivity contribution in [1.29, 1.82) is 0 Å². The molecule has 0 unspecified atom stereocenters. The van der Waals surface area contributed by atoms with Crippen LogP contribution in [0.2, 0.25) is 0 Å². The number of hydrogen-bond donors (Lipinski definition) is 2. The standard InChI is InChI=1S/C24H21FN4O4S/c25-17-8-3-1-6-15(17)14-19-23(32)29(24(33)34-19)13-12-26-21(30)11-5-10-20-27-18-9-4-2-7-16(18)22(31)28-20/h1-4,6-9,14H,5,10-13H2,(H,26,30)(H,27,28,31)/b19-14-. The zero-order valence-corrected chi connectivity index (χ0v) is 18.9. The zero-order valence-electron chi connectivity index (χ0n) is 18.0. The van der Waals surface area contributed by atoms with E-state index in [4.69, 9.17) is 0 Å². The summed E-state index contributed by atoms with van der Waals surface area (Å²) in [6, 6.07) is 13.0. The summed E-state index contributed by atoms with van der Waals surface area (Å²) in [6.45, 7) is 0.124. The normalized spacial score (nSPS) is 14.9. The number of nitrogens with zero attached hydrogens (tertiary/aromatic N) is 2. The van der Waals surface area contributed by atoms with Crippen LogP contribution in [0.1, 0.15) is 24.2 Å². The van der Waals surface area contributed by atoms with Gasteiger partial charge in [-0.05, 0) is 42.5 Å². The number of halogens is 1. The van der Waals surface area contributed by atoms with Gasteiger partial charge in [0.2, 0.25) is 5.91 Å². The van der Waals surface area contributed by atoms with Gasteiger partial charge in [-0.15, -0.1) is 0 Å². The highest BCUT2D eigenvalue weighted by atomic mass is 32.2. The molecule has 8 nitrogen and oxygen atoms in total. The molecule has 2 aromatic carbocycles. The maximum Gasteiger partial charge on any atom is 0.293 e. The molecule has 1 saturated heterocycles. The van der Waals surface area contributed by atoms with E-state index in [0.717, 1.165) is 16.7 Å². The number of H-pyrrole nitrogens is 1. The number of fused-ring (bicyclic) bond motifs is 1. The summed E-state index contributed by atoms with van der Waals surface area (Å²) < 4.78 is 13.8. The number of carbonyl (C=O) groups is 3. The Labute approximate surface area is 198 Å². The lowest BCUT2D eigenvalue weighted by atomic mass is 10.2. The lowest BCUT2D eigenvalue weighted by Gasteiger charge is -2.13. The molecule has 0 saturated carbocycles. The smallest absolute Gasteiger partial charge is 0.293 e. The Balaban J connectivity index is 1.24. The van der Waals surface area contributed by atoms with E-state index in [1.165, 1.54) is 18.2 Å². The molecule has 1 aromatic heterocycles. The number of imide groups is 1. The summed E-state index contributed by atoms with van der Waals surface area (Å²) in [4.78, 5) is 57.2. The molecule has 3 amide bonds. The Morgan fingerprint density at radius 3 is 2.71 bits per heavy atom. The second kappa shape index (κ2) is 10.4. The fourth-order valence-electron chi connectivity index (χ4n) is 3.49. The number of rotatable bonds is 8. The lowest BCUT2D eigenvalue weighted by Crippen LogP contribution is -2.37. The molecule has 0 aliphatic carbocycles. The van der Waals surface area contributed by atoms with Crippen molar-refractivity contribution in [3.63, 3.8) is 0 Å². The molecule has 34 heavy (non-hydrogen) atoms. The van der Waals surface area contributed by atoms with Crippen molar-refractivity contribution in [3.05, 3.63) is 81.0 Å². The van der Waals surface area contributed by atoms with Gasteiger partial charge in [0.1, 0.15) is 11.6 Å². The van der Waals surface area contributed by atoms with Crippen LogP contribution in [0.15, 0.2) is 58.2 Å². The number of hydrogen-bond acceptors (Lipinski definition) is 6. The van der Waals surface area contributed by atoms with E-state index in [-0.39, 0.29) is 41.4 Å². The number of aryl methyl sites for hydroxylation is 1. The predicted molar refractivity (Wildman–Crippen MR) is 127 cm³/mol. The van der Waals surface area contributed by atoms with E-state index in [2.05, 4.69) is 15.3 Å². The van der Waals surface area contributed by atoms with Crippen molar-refractivity contribution in [3.8, 4) is 0 Å². The molecule has 0 spiro atoms. The molecule has 1 fully saturated rings. The van der Waals surface area contributed by atoms with Gasteiger partial charge in [-0.3, -0.25) is 24.1 Å². The number of nitrogens with one attached hydrogen (secondary N) is 2. The Bertz CT molecular complexity index is 1350. The average Bonchev–Trinajstić information content (AvgIpc) is 3.08. The predicted octanol–water partition coefficient (Wildman–Crippen LogP) is 3.24. The van der Waals surface area contributed by atoms with Crippen LogP contribution >= 0.6 is 11.8 Å². The Morgan fingerprint density at radius 2 is 1.88 bits per heavy atom. The van der Waals surface area contributed by atoms with E-state index in [0.29, 0.717) is 29.6 Å². The number of carbonyl (C=O) groups excluding carboxylic acids is 3. The Kier molecular flexibility index (Phi) is 7.17. The van der Waals surface area contributed by atoms with Crippen molar-refractivity contribution >= 4 is 45.8 Å². The number of benzene rings is 2. The minimum Gasteiger partial charge on any atom is -0.354 e. The molecule has 0 atom stereocenters. The van der Waals surface area contributed by atoms with Crippen molar-refractivity contribution < 1.29 is 18.8 Å². The van der Waals surface area contributed by atoms with E-state index in [1.54, 1.807) is 36.4 Å². The topological polar surface area (TPSA) is 112 Å². The van der Waals surface area contributed by atoms with E-state index >= 15 is 0 Å². The van der Waals surface area contributed by atoms with Crippen molar-refractivity contribution in [2.45, 2.75) is 19.3 Å². The molecule has 1 aliphatic heterocycles. The molecule has 1 aliphatic rings. The van der Waals surface area contributed by atoms with E-state index in [1.807, 2.05) is 0 Å². The lowest BCUT2D eigenvalue weighted by molar-refractivity contribution is -0.124. The van der Waals surface area contributed by atoms with Crippen molar-refractivity contribution in [2.24, 2.45) is 0 Å². The van der Waals surface area contributed by atoms with Crippen LogP contribution < -0.4 is 10.9 Å². The third kappa shape index (κ3) is 5.40. The first-order valence-electron chi connectivity index (χ1n) is 10.7. The largest absolute Gasteiger partial charge is 0.354 e. The Morgan fingerprint density at radius 1 is 1.12 bits per heavy atom. The number of para-hydroxylation sites is 1. The van der Waals surface area contributed by atoms with Gasteiger partial charge in [0.25, 0.3) is 16.7 Å². The first-order valence-corrected chi connectivity index (χ1v) is 11.5. The second-order valence-electron chi connectivity index (χ2n) is 7.59. The van der Waals surface area contributed by atoms with Gasteiger partial charge in [0, 0.05) is 31.5 Å². The second-order valence-corrected chi connectivity index (χ2v) is 8.58. The van der Waals surface area contributed by atoms with Crippen LogP contribution in [0.25, 0.3) is 17.0 Å². The average molecular weight is 481 g/mol. The number of amides is 3. The van der Waals surface area contributed by atoms with E-state index in [9.17, 15) is 23.6 Å². The summed E-state index contributed by atoms with van der Waals surface area (Å²) in [7, 11) is 0. The molecule has 10 heteroatoms. The van der Waals surface area contributed by atoms with Gasteiger partial charge < -0.3 is 10.3 Å². The van der Waals surface area contributed by atoms with Crippen LogP contribution in [0.4, 0.5) is 9.18 Å². The van der Waals surface area contributed by atoms with Gasteiger partial charge in [-0.1, -0.05) is 30.3 Å². The molecule has 2 N–H and O–H groups in total. The quantitative estimate of drug-likeness (QED) is 0.479. The summed E-state index contributed by atoms with van der Waals surface area (Å²) in [6.07, 6.45) is 2.45. The molecule has 0 radical (unpaired) electrons. The summed E-state index contributed by atoms with van der Waals surface area (Å²) in [5.41, 5.74) is 0.613. The third-order valence-corrected chi connectivity index (χ3v) is 6.11. The summed E-state index contributed by atoms with van der Waals surface area (Å²) >= 11 is 0.741.